The Morgan fingerprint density at radius 3 is 2.50 bits per heavy atom. The van der Waals surface area contributed by atoms with E-state index in [9.17, 15) is 13.2 Å². The summed E-state index contributed by atoms with van der Waals surface area (Å²) < 4.78 is 24.7. The number of carboxylic acid groups (broad SMARTS) is 1. The monoisotopic (exact) mass is 316 g/mol. The average molecular weight is 317 g/mol. The lowest BCUT2D eigenvalue weighted by Crippen LogP contribution is -2.19. The zero-order valence-corrected chi connectivity index (χ0v) is 12.6. The van der Waals surface area contributed by atoms with Gasteiger partial charge in [-0.2, -0.15) is 0 Å². The average Bonchev–Trinajstić information content (AvgIpc) is 2.39. The number of sulfone groups is 1. The van der Waals surface area contributed by atoms with Gasteiger partial charge in [0, 0.05) is 0 Å². The summed E-state index contributed by atoms with van der Waals surface area (Å²) in [6.07, 6.45) is 5.17. The number of hydrogen-bond acceptors (Lipinski definition) is 3. The highest BCUT2D eigenvalue weighted by atomic mass is 35.5. The number of halogens is 1. The van der Waals surface area contributed by atoms with Gasteiger partial charge in [0.1, 0.15) is 0 Å². The zero-order chi connectivity index (χ0) is 14.8. The summed E-state index contributed by atoms with van der Waals surface area (Å²) in [5.74, 6) is -0.948. The maximum absolute atomic E-state index is 12.4. The molecule has 1 N–H and O–H groups in total. The molecule has 0 heterocycles. The van der Waals surface area contributed by atoms with Crippen LogP contribution in [-0.2, 0) is 9.84 Å². The minimum absolute atomic E-state index is 0.0462. The number of hydrogen-bond donors (Lipinski definition) is 1. The van der Waals surface area contributed by atoms with Crippen LogP contribution in [-0.4, -0.2) is 25.2 Å². The Morgan fingerprint density at radius 2 is 1.90 bits per heavy atom. The topological polar surface area (TPSA) is 71.4 Å². The van der Waals surface area contributed by atoms with Crippen LogP contribution in [0.5, 0.6) is 0 Å². The number of benzene rings is 1. The van der Waals surface area contributed by atoms with E-state index < -0.39 is 15.8 Å². The second-order valence-electron chi connectivity index (χ2n) is 5.23. The molecule has 0 amide bonds. The second-order valence-corrected chi connectivity index (χ2v) is 7.67. The molecule has 0 spiro atoms. The molecule has 0 aromatic heterocycles. The number of carbonyl (C=O) groups is 1. The SMILES string of the molecule is O=C(O)c1cc(S(=O)(=O)CC2CCCCC2)ccc1Cl. The minimum atomic E-state index is -3.45. The number of rotatable bonds is 4. The predicted molar refractivity (Wildman–Crippen MR) is 77.0 cm³/mol. The maximum Gasteiger partial charge on any atom is 0.337 e. The van der Waals surface area contributed by atoms with Crippen LogP contribution in [0, 0.1) is 5.92 Å². The van der Waals surface area contributed by atoms with Gasteiger partial charge in [0.05, 0.1) is 21.2 Å². The van der Waals surface area contributed by atoms with Crippen molar-refractivity contribution in [2.45, 2.75) is 37.0 Å². The van der Waals surface area contributed by atoms with Gasteiger partial charge in [0.25, 0.3) is 0 Å². The first-order valence-corrected chi connectivity index (χ1v) is 8.69. The lowest BCUT2D eigenvalue weighted by molar-refractivity contribution is 0.0697. The molecule has 2 rings (SSSR count). The van der Waals surface area contributed by atoms with E-state index in [4.69, 9.17) is 16.7 Å². The first-order valence-electron chi connectivity index (χ1n) is 6.66. The molecule has 0 bridgehead atoms. The van der Waals surface area contributed by atoms with Gasteiger partial charge in [-0.15, -0.1) is 0 Å². The van der Waals surface area contributed by atoms with Gasteiger partial charge in [0.2, 0.25) is 0 Å². The summed E-state index contributed by atoms with van der Waals surface area (Å²) in [5, 5.41) is 9.05. The van der Waals surface area contributed by atoms with Crippen molar-refractivity contribution in [2.24, 2.45) is 5.92 Å². The molecule has 0 radical (unpaired) electrons. The normalized spacial score (nSPS) is 17.1. The molecule has 0 saturated heterocycles. The van der Waals surface area contributed by atoms with Crippen molar-refractivity contribution in [1.82, 2.24) is 0 Å². The van der Waals surface area contributed by atoms with E-state index in [-0.39, 0.29) is 27.2 Å². The molecule has 4 nitrogen and oxygen atoms in total. The van der Waals surface area contributed by atoms with Crippen LogP contribution in [0.2, 0.25) is 5.02 Å². The van der Waals surface area contributed by atoms with Gasteiger partial charge in [-0.1, -0.05) is 30.9 Å². The molecule has 1 aliphatic carbocycles. The molecule has 1 fully saturated rings. The minimum Gasteiger partial charge on any atom is -0.478 e. The summed E-state index contributed by atoms with van der Waals surface area (Å²) in [5.41, 5.74) is -0.170. The fraction of sp³-hybridized carbons (Fsp3) is 0.500. The molecule has 1 aliphatic rings. The predicted octanol–water partition coefficient (Wildman–Crippen LogP) is 3.39. The number of aromatic carboxylic acids is 1. The van der Waals surface area contributed by atoms with Crippen LogP contribution in [0.1, 0.15) is 42.5 Å². The second kappa shape index (κ2) is 6.14. The third-order valence-electron chi connectivity index (χ3n) is 3.71. The molecule has 20 heavy (non-hydrogen) atoms. The summed E-state index contributed by atoms with van der Waals surface area (Å²) in [4.78, 5) is 11.1. The molecule has 1 aromatic carbocycles. The van der Waals surface area contributed by atoms with Gasteiger partial charge in [-0.05, 0) is 37.0 Å². The fourth-order valence-corrected chi connectivity index (χ4v) is 4.54. The van der Waals surface area contributed by atoms with E-state index in [2.05, 4.69) is 0 Å². The van der Waals surface area contributed by atoms with Crippen molar-refractivity contribution >= 4 is 27.4 Å². The van der Waals surface area contributed by atoms with Crippen molar-refractivity contribution in [3.05, 3.63) is 28.8 Å². The summed E-state index contributed by atoms with van der Waals surface area (Å²) in [6.45, 7) is 0. The molecular weight excluding hydrogens is 300 g/mol. The maximum atomic E-state index is 12.4. The van der Waals surface area contributed by atoms with E-state index in [1.807, 2.05) is 0 Å². The van der Waals surface area contributed by atoms with Gasteiger partial charge in [-0.25, -0.2) is 13.2 Å². The van der Waals surface area contributed by atoms with Crippen LogP contribution in [0.15, 0.2) is 23.1 Å². The van der Waals surface area contributed by atoms with Crippen LogP contribution >= 0.6 is 11.6 Å². The van der Waals surface area contributed by atoms with Crippen LogP contribution in [0.4, 0.5) is 0 Å². The largest absolute Gasteiger partial charge is 0.478 e. The lowest BCUT2D eigenvalue weighted by atomic mass is 9.91. The zero-order valence-electron chi connectivity index (χ0n) is 11.0. The van der Waals surface area contributed by atoms with Crippen LogP contribution < -0.4 is 0 Å². The Balaban J connectivity index is 2.24. The van der Waals surface area contributed by atoms with Crippen molar-refractivity contribution < 1.29 is 18.3 Å². The summed E-state index contributed by atoms with van der Waals surface area (Å²) in [6, 6.07) is 3.87. The Morgan fingerprint density at radius 1 is 1.25 bits per heavy atom. The van der Waals surface area contributed by atoms with Crippen LogP contribution in [0.25, 0.3) is 0 Å². The van der Waals surface area contributed by atoms with Crippen LogP contribution in [0.3, 0.4) is 0 Å². The van der Waals surface area contributed by atoms with Gasteiger partial charge < -0.3 is 5.11 Å². The van der Waals surface area contributed by atoms with Crippen molar-refractivity contribution in [2.75, 3.05) is 5.75 Å². The molecule has 6 heteroatoms. The Labute approximate surface area is 123 Å². The quantitative estimate of drug-likeness (QED) is 0.924. The lowest BCUT2D eigenvalue weighted by Gasteiger charge is -2.21. The van der Waals surface area contributed by atoms with E-state index >= 15 is 0 Å². The molecule has 110 valence electrons. The van der Waals surface area contributed by atoms with E-state index in [1.165, 1.54) is 18.6 Å². The summed E-state index contributed by atoms with van der Waals surface area (Å²) in [7, 11) is -3.45. The molecule has 0 unspecified atom stereocenters. The highest BCUT2D eigenvalue weighted by Crippen LogP contribution is 2.28. The van der Waals surface area contributed by atoms with Crippen molar-refractivity contribution in [1.29, 1.82) is 0 Å². The van der Waals surface area contributed by atoms with Gasteiger partial charge in [0.15, 0.2) is 9.84 Å². The van der Waals surface area contributed by atoms with E-state index in [1.54, 1.807) is 0 Å². The van der Waals surface area contributed by atoms with Crippen molar-refractivity contribution in [3.63, 3.8) is 0 Å². The summed E-state index contributed by atoms with van der Waals surface area (Å²) >= 11 is 5.76. The Kier molecular flexibility index (Phi) is 4.70. The fourth-order valence-electron chi connectivity index (χ4n) is 2.62. The van der Waals surface area contributed by atoms with E-state index in [0.29, 0.717) is 0 Å². The highest BCUT2D eigenvalue weighted by molar-refractivity contribution is 7.91. The molecule has 0 atom stereocenters. The first-order chi connectivity index (χ1) is 9.40. The molecule has 0 aliphatic heterocycles. The smallest absolute Gasteiger partial charge is 0.337 e. The third kappa shape index (κ3) is 3.52. The number of carboxylic acids is 1. The standard InChI is InChI=1S/C14H17ClO4S/c15-13-7-6-11(8-12(13)14(16)17)20(18,19)9-10-4-2-1-3-5-10/h6-8,10H,1-5,9H2,(H,16,17). The Bertz CT molecular complexity index is 604. The molecular formula is C14H17ClO4S. The Hall–Kier alpha value is -1.07. The third-order valence-corrected chi connectivity index (χ3v) is 5.92. The van der Waals surface area contributed by atoms with Crippen molar-refractivity contribution in [3.8, 4) is 0 Å². The molecule has 1 saturated carbocycles. The van der Waals surface area contributed by atoms with E-state index in [0.717, 1.165) is 31.7 Å². The highest BCUT2D eigenvalue weighted by Gasteiger charge is 2.24. The first kappa shape index (κ1) is 15.3. The molecule has 1 aromatic rings. The van der Waals surface area contributed by atoms with Gasteiger partial charge in [-0.3, -0.25) is 0 Å². The van der Waals surface area contributed by atoms with Gasteiger partial charge >= 0.3 is 5.97 Å².